The van der Waals surface area contributed by atoms with Crippen molar-refractivity contribution in [3.05, 3.63) is 200 Å². The highest BCUT2D eigenvalue weighted by Crippen LogP contribution is 2.44. The molecule has 0 aliphatic heterocycles. The standard InChI is InChI=1S/C51H32N2/c52-33-39-18-13-25-40(51(39)53-47-26-10-8-19-41(47)42-20-9-11-27-48(42)53)35-30-28-34(29-31-35)37-16-12-17-38(32-37)50-45-23-6-4-21-43(45)49(36-14-2-1-3-15-36)44-22-5-7-24-46(44)50/h1-32H. The Balaban J connectivity index is 1.11. The van der Waals surface area contributed by atoms with Crippen LogP contribution in [0.4, 0.5) is 0 Å². The van der Waals surface area contributed by atoms with E-state index in [0.29, 0.717) is 5.56 Å². The van der Waals surface area contributed by atoms with Gasteiger partial charge in [-0.2, -0.15) is 5.26 Å². The van der Waals surface area contributed by atoms with Gasteiger partial charge < -0.3 is 4.57 Å². The zero-order valence-electron chi connectivity index (χ0n) is 28.9. The van der Waals surface area contributed by atoms with E-state index >= 15 is 0 Å². The quantitative estimate of drug-likeness (QED) is 0.167. The topological polar surface area (TPSA) is 28.7 Å². The van der Waals surface area contributed by atoms with Crippen LogP contribution in [0, 0.1) is 11.3 Å². The number of fused-ring (bicyclic) bond motifs is 5. The van der Waals surface area contributed by atoms with Crippen LogP contribution in [0.5, 0.6) is 0 Å². The number of rotatable bonds is 5. The molecule has 0 spiro atoms. The molecule has 9 aromatic carbocycles. The summed E-state index contributed by atoms with van der Waals surface area (Å²) in [5.41, 5.74) is 13.0. The van der Waals surface area contributed by atoms with Crippen LogP contribution < -0.4 is 0 Å². The molecule has 10 rings (SSSR count). The second-order valence-electron chi connectivity index (χ2n) is 13.5. The van der Waals surface area contributed by atoms with E-state index in [1.807, 2.05) is 12.1 Å². The second-order valence-corrected chi connectivity index (χ2v) is 13.5. The van der Waals surface area contributed by atoms with Crippen molar-refractivity contribution >= 4 is 43.4 Å². The highest BCUT2D eigenvalue weighted by Gasteiger charge is 2.20. The summed E-state index contributed by atoms with van der Waals surface area (Å²) in [5, 5.41) is 17.7. The lowest BCUT2D eigenvalue weighted by Gasteiger charge is -2.18. The van der Waals surface area contributed by atoms with E-state index in [0.717, 1.165) is 39.0 Å². The van der Waals surface area contributed by atoms with Crippen molar-refractivity contribution in [2.24, 2.45) is 0 Å². The average Bonchev–Trinajstić information content (AvgIpc) is 3.57. The first kappa shape index (κ1) is 30.6. The molecule has 2 nitrogen and oxygen atoms in total. The third-order valence-electron chi connectivity index (χ3n) is 10.6. The minimum absolute atomic E-state index is 0.642. The predicted molar refractivity (Wildman–Crippen MR) is 222 cm³/mol. The largest absolute Gasteiger partial charge is 0.307 e. The van der Waals surface area contributed by atoms with Gasteiger partial charge in [-0.3, -0.25) is 0 Å². The van der Waals surface area contributed by atoms with Gasteiger partial charge in [0.1, 0.15) is 6.07 Å². The monoisotopic (exact) mass is 672 g/mol. The molecule has 10 aromatic rings. The minimum atomic E-state index is 0.642. The average molecular weight is 673 g/mol. The third-order valence-corrected chi connectivity index (χ3v) is 10.6. The number of nitriles is 1. The highest BCUT2D eigenvalue weighted by molar-refractivity contribution is 6.21. The van der Waals surface area contributed by atoms with E-state index in [1.165, 1.54) is 54.6 Å². The first-order valence-corrected chi connectivity index (χ1v) is 18.0. The molecule has 0 atom stereocenters. The van der Waals surface area contributed by atoms with Crippen molar-refractivity contribution < 1.29 is 0 Å². The lowest BCUT2D eigenvalue weighted by molar-refractivity contribution is 1.17. The molecular weight excluding hydrogens is 641 g/mol. The van der Waals surface area contributed by atoms with Gasteiger partial charge in [0.2, 0.25) is 0 Å². The van der Waals surface area contributed by atoms with Crippen molar-refractivity contribution in [2.45, 2.75) is 0 Å². The fourth-order valence-corrected chi connectivity index (χ4v) is 8.32. The van der Waals surface area contributed by atoms with Crippen LogP contribution in [0.2, 0.25) is 0 Å². The van der Waals surface area contributed by atoms with Crippen LogP contribution in [0.3, 0.4) is 0 Å². The van der Waals surface area contributed by atoms with Crippen molar-refractivity contribution in [1.29, 1.82) is 5.26 Å². The molecule has 0 bridgehead atoms. The Labute approximate surface area is 308 Å². The molecule has 0 N–H and O–H groups in total. The molecule has 0 aliphatic carbocycles. The van der Waals surface area contributed by atoms with E-state index in [-0.39, 0.29) is 0 Å². The normalized spacial score (nSPS) is 11.4. The summed E-state index contributed by atoms with van der Waals surface area (Å²) in [5.74, 6) is 0. The van der Waals surface area contributed by atoms with E-state index in [1.54, 1.807) is 0 Å². The zero-order valence-corrected chi connectivity index (χ0v) is 28.9. The van der Waals surface area contributed by atoms with Crippen LogP contribution in [-0.4, -0.2) is 4.57 Å². The fourth-order valence-electron chi connectivity index (χ4n) is 8.32. The van der Waals surface area contributed by atoms with Crippen LogP contribution in [-0.2, 0) is 0 Å². The molecule has 1 heterocycles. The first-order chi connectivity index (χ1) is 26.3. The van der Waals surface area contributed by atoms with Crippen molar-refractivity contribution in [2.75, 3.05) is 0 Å². The Kier molecular flexibility index (Phi) is 7.23. The molecule has 0 unspecified atom stereocenters. The van der Waals surface area contributed by atoms with Crippen LogP contribution >= 0.6 is 0 Å². The van der Waals surface area contributed by atoms with Gasteiger partial charge >= 0.3 is 0 Å². The summed E-state index contributed by atoms with van der Waals surface area (Å²) < 4.78 is 2.26. The number of aromatic nitrogens is 1. The lowest BCUT2D eigenvalue weighted by Crippen LogP contribution is -2.00. The Bertz CT molecular complexity index is 2940. The Morgan fingerprint density at radius 3 is 1.38 bits per heavy atom. The van der Waals surface area contributed by atoms with Gasteiger partial charge in [-0.05, 0) is 84.8 Å². The predicted octanol–water partition coefficient (Wildman–Crippen LogP) is 13.6. The zero-order chi connectivity index (χ0) is 35.3. The summed E-state index contributed by atoms with van der Waals surface area (Å²) in [7, 11) is 0. The van der Waals surface area contributed by atoms with Gasteiger partial charge in [0.15, 0.2) is 0 Å². The molecule has 0 amide bonds. The number of hydrogen-bond acceptors (Lipinski definition) is 1. The number of para-hydroxylation sites is 3. The van der Waals surface area contributed by atoms with Crippen molar-refractivity contribution in [3.8, 4) is 56.3 Å². The molecule has 0 saturated heterocycles. The summed E-state index contributed by atoms with van der Waals surface area (Å²) in [6.45, 7) is 0. The van der Waals surface area contributed by atoms with E-state index < -0.39 is 0 Å². The van der Waals surface area contributed by atoms with Crippen molar-refractivity contribution in [1.82, 2.24) is 4.57 Å². The van der Waals surface area contributed by atoms with Crippen molar-refractivity contribution in [3.63, 3.8) is 0 Å². The first-order valence-electron chi connectivity index (χ1n) is 18.0. The number of hydrogen-bond donors (Lipinski definition) is 0. The molecular formula is C51H32N2. The fraction of sp³-hybridized carbons (Fsp3) is 0. The second kappa shape index (κ2) is 12.5. The Morgan fingerprint density at radius 1 is 0.340 bits per heavy atom. The molecule has 0 saturated carbocycles. The van der Waals surface area contributed by atoms with Crippen LogP contribution in [0.25, 0.3) is 93.5 Å². The van der Waals surface area contributed by atoms with Gasteiger partial charge in [-0.25, -0.2) is 0 Å². The SMILES string of the molecule is N#Cc1cccc(-c2ccc(-c3cccc(-c4c5ccccc5c(-c5ccccc5)c5ccccc45)c3)cc2)c1-n1c2ccccc2c2ccccc21. The number of benzene rings is 9. The van der Waals surface area contributed by atoms with E-state index in [2.05, 4.69) is 193 Å². The van der Waals surface area contributed by atoms with Gasteiger partial charge in [-0.1, -0.05) is 170 Å². The minimum Gasteiger partial charge on any atom is -0.307 e. The van der Waals surface area contributed by atoms with Gasteiger partial charge in [0, 0.05) is 16.3 Å². The maximum Gasteiger partial charge on any atom is 0.101 e. The molecule has 53 heavy (non-hydrogen) atoms. The maximum atomic E-state index is 10.4. The molecule has 0 aliphatic rings. The van der Waals surface area contributed by atoms with Gasteiger partial charge in [0.25, 0.3) is 0 Å². The van der Waals surface area contributed by atoms with Crippen LogP contribution in [0.15, 0.2) is 194 Å². The lowest BCUT2D eigenvalue weighted by atomic mass is 9.85. The summed E-state index contributed by atoms with van der Waals surface area (Å²) in [6, 6.07) is 71.5. The van der Waals surface area contributed by atoms with E-state index in [4.69, 9.17) is 0 Å². The number of nitrogens with zero attached hydrogens (tertiary/aromatic N) is 2. The maximum absolute atomic E-state index is 10.4. The Hall–Kier alpha value is -7.21. The Morgan fingerprint density at radius 2 is 0.792 bits per heavy atom. The smallest absolute Gasteiger partial charge is 0.101 e. The van der Waals surface area contributed by atoms with E-state index in [9.17, 15) is 5.26 Å². The molecule has 246 valence electrons. The van der Waals surface area contributed by atoms with Gasteiger partial charge in [-0.15, -0.1) is 0 Å². The highest BCUT2D eigenvalue weighted by atomic mass is 15.0. The molecule has 0 radical (unpaired) electrons. The molecule has 0 fully saturated rings. The summed E-state index contributed by atoms with van der Waals surface area (Å²) in [6.07, 6.45) is 0. The third kappa shape index (κ3) is 4.94. The molecule has 2 heteroatoms. The van der Waals surface area contributed by atoms with Crippen LogP contribution in [0.1, 0.15) is 5.56 Å². The summed E-state index contributed by atoms with van der Waals surface area (Å²) >= 11 is 0. The molecule has 1 aromatic heterocycles. The van der Waals surface area contributed by atoms with Gasteiger partial charge in [0.05, 0.1) is 22.3 Å². The summed E-state index contributed by atoms with van der Waals surface area (Å²) in [4.78, 5) is 0.